The Morgan fingerprint density at radius 2 is 2.47 bits per heavy atom. The topological polar surface area (TPSA) is 73.7 Å². The third-order valence-corrected chi connectivity index (χ3v) is 3.52. The van der Waals surface area contributed by atoms with Crippen molar-refractivity contribution in [3.63, 3.8) is 0 Å². The van der Waals surface area contributed by atoms with Gasteiger partial charge < -0.3 is 15.1 Å². The third kappa shape index (κ3) is 2.10. The Bertz CT molecular complexity index is 341. The van der Waals surface area contributed by atoms with Crippen LogP contribution in [0.4, 0.5) is 4.79 Å². The number of carboxylic acid groups (broad SMARTS) is 1. The van der Waals surface area contributed by atoms with Gasteiger partial charge in [0.25, 0.3) is 0 Å². The number of hydrogen-bond donors (Lipinski definition) is 2. The molecule has 1 aromatic rings. The van der Waals surface area contributed by atoms with Crippen LogP contribution in [0.3, 0.4) is 0 Å². The highest BCUT2D eigenvalue weighted by Gasteiger charge is 2.32. The smallest absolute Gasteiger partial charge is 0.407 e. The average molecular weight is 228 g/mol. The normalized spacial score (nSPS) is 26.6. The summed E-state index contributed by atoms with van der Waals surface area (Å²) in [4.78, 5) is 16.3. The van der Waals surface area contributed by atoms with Gasteiger partial charge in [0.1, 0.15) is 0 Å². The first-order valence-electron chi connectivity index (χ1n) is 4.74. The van der Waals surface area contributed by atoms with Gasteiger partial charge in [-0.1, -0.05) is 0 Å². The fourth-order valence-electron chi connectivity index (χ4n) is 1.77. The zero-order valence-corrected chi connectivity index (χ0v) is 8.85. The van der Waals surface area contributed by atoms with Gasteiger partial charge in [0, 0.05) is 24.7 Å². The van der Waals surface area contributed by atoms with Gasteiger partial charge >= 0.3 is 6.09 Å². The molecule has 2 unspecified atom stereocenters. The molecule has 2 N–H and O–H groups in total. The van der Waals surface area contributed by atoms with E-state index in [-0.39, 0.29) is 5.92 Å². The highest BCUT2D eigenvalue weighted by Crippen LogP contribution is 2.28. The first-order chi connectivity index (χ1) is 7.18. The zero-order chi connectivity index (χ0) is 10.8. The van der Waals surface area contributed by atoms with Crippen LogP contribution < -0.4 is 0 Å². The Kier molecular flexibility index (Phi) is 2.88. The molecule has 82 valence electrons. The van der Waals surface area contributed by atoms with Gasteiger partial charge in [-0.25, -0.2) is 9.78 Å². The van der Waals surface area contributed by atoms with Crippen molar-refractivity contribution in [2.24, 2.45) is 0 Å². The van der Waals surface area contributed by atoms with E-state index in [0.29, 0.717) is 19.5 Å². The molecule has 0 radical (unpaired) electrons. The quantitative estimate of drug-likeness (QED) is 0.751. The minimum Gasteiger partial charge on any atom is -0.465 e. The molecular formula is C9H12N2O3S. The summed E-state index contributed by atoms with van der Waals surface area (Å²) in [6.07, 6.45) is 0.749. The van der Waals surface area contributed by atoms with E-state index in [1.807, 2.05) is 5.38 Å². The fourth-order valence-corrected chi connectivity index (χ4v) is 2.56. The van der Waals surface area contributed by atoms with E-state index in [1.165, 1.54) is 16.2 Å². The number of hydrogen-bond acceptors (Lipinski definition) is 4. The number of aromatic nitrogens is 1. The lowest BCUT2D eigenvalue weighted by Gasteiger charge is -2.33. The predicted octanol–water partition coefficient (Wildman–Crippen LogP) is 0.971. The monoisotopic (exact) mass is 228 g/mol. The van der Waals surface area contributed by atoms with Gasteiger partial charge in [-0.2, -0.15) is 0 Å². The Balaban J connectivity index is 2.12. The lowest BCUT2D eigenvalue weighted by atomic mass is 9.96. The Hall–Kier alpha value is -1.14. The summed E-state index contributed by atoms with van der Waals surface area (Å²) >= 11 is 1.46. The Morgan fingerprint density at radius 1 is 1.67 bits per heavy atom. The summed E-state index contributed by atoms with van der Waals surface area (Å²) in [5, 5.41) is 21.3. The van der Waals surface area contributed by atoms with Crippen LogP contribution in [-0.2, 0) is 0 Å². The second-order valence-electron chi connectivity index (χ2n) is 3.56. The molecule has 1 saturated heterocycles. The lowest BCUT2D eigenvalue weighted by Crippen LogP contribution is -2.44. The SMILES string of the molecule is O=C(O)N1CCC(O)C(c2nccs2)C1. The zero-order valence-electron chi connectivity index (χ0n) is 8.04. The number of carbonyl (C=O) groups is 1. The van der Waals surface area contributed by atoms with E-state index in [9.17, 15) is 9.90 Å². The summed E-state index contributed by atoms with van der Waals surface area (Å²) in [6, 6.07) is 0. The van der Waals surface area contributed by atoms with E-state index in [4.69, 9.17) is 5.11 Å². The molecule has 2 heterocycles. The van der Waals surface area contributed by atoms with Crippen LogP contribution in [0.25, 0.3) is 0 Å². The van der Waals surface area contributed by atoms with Crippen molar-refractivity contribution < 1.29 is 15.0 Å². The Morgan fingerprint density at radius 3 is 3.07 bits per heavy atom. The predicted molar refractivity (Wildman–Crippen MR) is 55.1 cm³/mol. The molecule has 0 aromatic carbocycles. The van der Waals surface area contributed by atoms with Crippen LogP contribution in [0.2, 0.25) is 0 Å². The average Bonchev–Trinajstić information content (AvgIpc) is 2.71. The molecule has 2 rings (SSSR count). The highest BCUT2D eigenvalue weighted by atomic mass is 32.1. The number of thiazole rings is 1. The molecule has 15 heavy (non-hydrogen) atoms. The van der Waals surface area contributed by atoms with E-state index < -0.39 is 12.2 Å². The van der Waals surface area contributed by atoms with Crippen molar-refractivity contribution in [2.45, 2.75) is 18.4 Å². The third-order valence-electron chi connectivity index (χ3n) is 2.62. The molecule has 6 heteroatoms. The molecule has 5 nitrogen and oxygen atoms in total. The number of aliphatic hydroxyl groups is 1. The minimum absolute atomic E-state index is 0.171. The maximum atomic E-state index is 10.8. The fraction of sp³-hybridized carbons (Fsp3) is 0.556. The van der Waals surface area contributed by atoms with Crippen molar-refractivity contribution in [1.82, 2.24) is 9.88 Å². The first-order valence-corrected chi connectivity index (χ1v) is 5.62. The molecule has 1 fully saturated rings. The molecule has 1 aromatic heterocycles. The van der Waals surface area contributed by atoms with Gasteiger partial charge in [-0.15, -0.1) is 11.3 Å². The van der Waals surface area contributed by atoms with Gasteiger partial charge in [0.15, 0.2) is 0 Å². The second-order valence-corrected chi connectivity index (χ2v) is 4.49. The van der Waals surface area contributed by atoms with Crippen molar-refractivity contribution in [2.75, 3.05) is 13.1 Å². The Labute approximate surface area is 91.0 Å². The molecule has 0 saturated carbocycles. The summed E-state index contributed by atoms with van der Waals surface area (Å²) in [6.45, 7) is 0.738. The maximum Gasteiger partial charge on any atom is 0.407 e. The number of aliphatic hydroxyl groups excluding tert-OH is 1. The number of nitrogens with zero attached hydrogens (tertiary/aromatic N) is 2. The number of amides is 1. The van der Waals surface area contributed by atoms with Crippen LogP contribution in [0.15, 0.2) is 11.6 Å². The molecule has 0 aliphatic carbocycles. The largest absolute Gasteiger partial charge is 0.465 e. The molecule has 0 bridgehead atoms. The molecule has 0 spiro atoms. The minimum atomic E-state index is -0.927. The van der Waals surface area contributed by atoms with Crippen molar-refractivity contribution >= 4 is 17.4 Å². The second kappa shape index (κ2) is 4.16. The van der Waals surface area contributed by atoms with E-state index in [1.54, 1.807) is 6.20 Å². The molecule has 1 aliphatic rings. The van der Waals surface area contributed by atoms with Crippen LogP contribution >= 0.6 is 11.3 Å². The van der Waals surface area contributed by atoms with Crippen molar-refractivity contribution in [1.29, 1.82) is 0 Å². The van der Waals surface area contributed by atoms with Crippen LogP contribution in [-0.4, -0.2) is 45.4 Å². The lowest BCUT2D eigenvalue weighted by molar-refractivity contribution is 0.0585. The molecule has 2 atom stereocenters. The van der Waals surface area contributed by atoms with E-state index in [2.05, 4.69) is 4.98 Å². The summed E-state index contributed by atoms with van der Waals surface area (Å²) in [5.74, 6) is -0.171. The first kappa shape index (κ1) is 10.4. The molecular weight excluding hydrogens is 216 g/mol. The standard InChI is InChI=1S/C9H12N2O3S/c12-7-1-3-11(9(13)14)5-6(7)8-10-2-4-15-8/h2,4,6-7,12H,1,3,5H2,(H,13,14). The van der Waals surface area contributed by atoms with Crippen LogP contribution in [0.5, 0.6) is 0 Å². The van der Waals surface area contributed by atoms with Gasteiger partial charge in [-0.3, -0.25) is 0 Å². The van der Waals surface area contributed by atoms with Crippen molar-refractivity contribution in [3.05, 3.63) is 16.6 Å². The summed E-state index contributed by atoms with van der Waals surface area (Å²) < 4.78 is 0. The number of likely N-dealkylation sites (tertiary alicyclic amines) is 1. The molecule has 1 aliphatic heterocycles. The van der Waals surface area contributed by atoms with Crippen LogP contribution in [0, 0.1) is 0 Å². The maximum absolute atomic E-state index is 10.8. The molecule has 1 amide bonds. The van der Waals surface area contributed by atoms with E-state index in [0.717, 1.165) is 5.01 Å². The van der Waals surface area contributed by atoms with Gasteiger partial charge in [-0.05, 0) is 6.42 Å². The number of piperidine rings is 1. The summed E-state index contributed by atoms with van der Waals surface area (Å²) in [7, 11) is 0. The number of rotatable bonds is 1. The van der Waals surface area contributed by atoms with Crippen molar-refractivity contribution in [3.8, 4) is 0 Å². The van der Waals surface area contributed by atoms with Crippen LogP contribution in [0.1, 0.15) is 17.3 Å². The summed E-state index contributed by atoms with van der Waals surface area (Å²) in [5.41, 5.74) is 0. The van der Waals surface area contributed by atoms with Gasteiger partial charge in [0.2, 0.25) is 0 Å². The van der Waals surface area contributed by atoms with Gasteiger partial charge in [0.05, 0.1) is 17.0 Å². The highest BCUT2D eigenvalue weighted by molar-refractivity contribution is 7.09. The van der Waals surface area contributed by atoms with E-state index >= 15 is 0 Å².